The molecule has 0 radical (unpaired) electrons. The van der Waals surface area contributed by atoms with E-state index in [1.165, 1.54) is 11.7 Å². The van der Waals surface area contributed by atoms with E-state index in [2.05, 4.69) is 8.75 Å². The first-order chi connectivity index (χ1) is 10.6. The van der Waals surface area contributed by atoms with Gasteiger partial charge >= 0.3 is 0 Å². The van der Waals surface area contributed by atoms with Gasteiger partial charge in [0.2, 0.25) is 5.91 Å². The average molecular weight is 337 g/mol. The van der Waals surface area contributed by atoms with Gasteiger partial charge in [0.25, 0.3) is 0 Å². The molecule has 2 aromatic rings. The lowest BCUT2D eigenvalue weighted by Crippen LogP contribution is -2.27. The molecule has 0 unspecified atom stereocenters. The molecular formula is C15H19N3O2S2. The first-order valence-electron chi connectivity index (χ1n) is 6.83. The molecule has 0 N–H and O–H groups in total. The second kappa shape index (κ2) is 8.14. The molecule has 1 heterocycles. The van der Waals surface area contributed by atoms with Crippen LogP contribution in [-0.4, -0.2) is 39.5 Å². The lowest BCUT2D eigenvalue weighted by Gasteiger charge is -2.17. The number of methoxy groups -OCH3 is 1. The van der Waals surface area contributed by atoms with Crippen molar-refractivity contribution in [1.29, 1.82) is 0 Å². The zero-order valence-electron chi connectivity index (χ0n) is 12.9. The number of nitrogens with zero attached hydrogens (tertiary/aromatic N) is 3. The van der Waals surface area contributed by atoms with E-state index in [0.29, 0.717) is 12.3 Å². The average Bonchev–Trinajstić information content (AvgIpc) is 2.93. The van der Waals surface area contributed by atoms with Crippen LogP contribution in [0.4, 0.5) is 0 Å². The lowest BCUT2D eigenvalue weighted by atomic mass is 10.2. The van der Waals surface area contributed by atoms with Crippen molar-refractivity contribution in [2.24, 2.45) is 0 Å². The predicted molar refractivity (Wildman–Crippen MR) is 90.3 cm³/mol. The number of hydrogen-bond acceptors (Lipinski definition) is 6. The number of carbonyl (C=O) groups excluding carboxylic acids is 1. The van der Waals surface area contributed by atoms with Crippen LogP contribution in [0.25, 0.3) is 0 Å². The Kier molecular flexibility index (Phi) is 6.21. The van der Waals surface area contributed by atoms with Crippen LogP contribution >= 0.6 is 23.5 Å². The Bertz CT molecular complexity index is 614. The maximum Gasteiger partial charge on any atom is 0.232 e. The highest BCUT2D eigenvalue weighted by molar-refractivity contribution is 7.99. The van der Waals surface area contributed by atoms with Crippen LogP contribution in [0.15, 0.2) is 24.3 Å². The molecule has 0 spiro atoms. The fourth-order valence-electron chi connectivity index (χ4n) is 1.82. The number of aromatic nitrogens is 2. The second-order valence-electron chi connectivity index (χ2n) is 4.89. The predicted octanol–water partition coefficient (Wildman–Crippen LogP) is 2.75. The Hall–Kier alpha value is -1.60. The molecule has 0 saturated heterocycles. The number of aryl methyl sites for hydroxylation is 1. The quantitative estimate of drug-likeness (QED) is 0.777. The first-order valence-corrected chi connectivity index (χ1v) is 8.71. The molecule has 1 amide bonds. The SMILES string of the molecule is COc1ccc(CN(C)C(=O)CSCc2nsnc2C)cc1. The Morgan fingerprint density at radius 3 is 2.64 bits per heavy atom. The van der Waals surface area contributed by atoms with Crippen LogP contribution in [0.2, 0.25) is 0 Å². The normalized spacial score (nSPS) is 10.5. The van der Waals surface area contributed by atoms with E-state index in [0.717, 1.165) is 28.5 Å². The summed E-state index contributed by atoms with van der Waals surface area (Å²) in [4.78, 5) is 13.9. The molecule has 5 nitrogen and oxygen atoms in total. The third-order valence-corrected chi connectivity index (χ3v) is 4.80. The summed E-state index contributed by atoms with van der Waals surface area (Å²) in [6.45, 7) is 2.54. The summed E-state index contributed by atoms with van der Waals surface area (Å²) in [5.74, 6) is 2.11. The highest BCUT2D eigenvalue weighted by Crippen LogP contribution is 2.16. The van der Waals surface area contributed by atoms with Gasteiger partial charge < -0.3 is 9.64 Å². The number of benzene rings is 1. The molecule has 118 valence electrons. The van der Waals surface area contributed by atoms with E-state index < -0.39 is 0 Å². The van der Waals surface area contributed by atoms with Gasteiger partial charge in [-0.1, -0.05) is 12.1 Å². The zero-order valence-corrected chi connectivity index (χ0v) is 14.5. The van der Waals surface area contributed by atoms with E-state index in [9.17, 15) is 4.79 Å². The largest absolute Gasteiger partial charge is 0.497 e. The van der Waals surface area contributed by atoms with Crippen molar-refractivity contribution < 1.29 is 9.53 Å². The van der Waals surface area contributed by atoms with E-state index in [-0.39, 0.29) is 5.91 Å². The lowest BCUT2D eigenvalue weighted by molar-refractivity contribution is -0.127. The van der Waals surface area contributed by atoms with Crippen molar-refractivity contribution >= 4 is 29.4 Å². The van der Waals surface area contributed by atoms with Crippen LogP contribution in [-0.2, 0) is 17.1 Å². The summed E-state index contributed by atoms with van der Waals surface area (Å²) in [5.41, 5.74) is 3.01. The van der Waals surface area contributed by atoms with Crippen LogP contribution in [0.3, 0.4) is 0 Å². The number of amides is 1. The molecule has 0 saturated carbocycles. The summed E-state index contributed by atoms with van der Waals surface area (Å²) in [5, 5.41) is 0. The van der Waals surface area contributed by atoms with Crippen molar-refractivity contribution in [2.75, 3.05) is 19.9 Å². The Labute approximate surface area is 139 Å². The molecule has 0 aliphatic heterocycles. The van der Waals surface area contributed by atoms with Crippen molar-refractivity contribution in [3.63, 3.8) is 0 Å². The summed E-state index contributed by atoms with van der Waals surface area (Å²) in [6.07, 6.45) is 0. The van der Waals surface area contributed by atoms with Crippen molar-refractivity contribution in [3.8, 4) is 5.75 Å². The molecule has 0 aliphatic carbocycles. The van der Waals surface area contributed by atoms with Gasteiger partial charge in [-0.25, -0.2) is 0 Å². The third-order valence-electron chi connectivity index (χ3n) is 3.22. The van der Waals surface area contributed by atoms with Gasteiger partial charge in [0.1, 0.15) is 5.75 Å². The van der Waals surface area contributed by atoms with Crippen LogP contribution in [0, 0.1) is 6.92 Å². The van der Waals surface area contributed by atoms with Crippen LogP contribution in [0.5, 0.6) is 5.75 Å². The molecule has 0 atom stereocenters. The molecule has 1 aromatic heterocycles. The smallest absolute Gasteiger partial charge is 0.232 e. The van der Waals surface area contributed by atoms with Gasteiger partial charge in [-0.2, -0.15) is 8.75 Å². The Balaban J connectivity index is 1.77. The van der Waals surface area contributed by atoms with E-state index in [1.807, 2.05) is 38.2 Å². The third kappa shape index (κ3) is 4.71. The van der Waals surface area contributed by atoms with Gasteiger partial charge in [-0.15, -0.1) is 11.8 Å². The summed E-state index contributed by atoms with van der Waals surface area (Å²) in [7, 11) is 3.46. The summed E-state index contributed by atoms with van der Waals surface area (Å²) >= 11 is 2.79. The monoisotopic (exact) mass is 337 g/mol. The molecule has 1 aromatic carbocycles. The highest BCUT2D eigenvalue weighted by Gasteiger charge is 2.11. The van der Waals surface area contributed by atoms with Crippen molar-refractivity contribution in [2.45, 2.75) is 19.2 Å². The zero-order chi connectivity index (χ0) is 15.9. The van der Waals surface area contributed by atoms with Gasteiger partial charge in [-0.05, 0) is 24.6 Å². The Morgan fingerprint density at radius 1 is 1.32 bits per heavy atom. The molecule has 0 fully saturated rings. The van der Waals surface area contributed by atoms with Gasteiger partial charge in [0, 0.05) is 19.3 Å². The van der Waals surface area contributed by atoms with E-state index in [4.69, 9.17) is 4.74 Å². The van der Waals surface area contributed by atoms with Crippen molar-refractivity contribution in [3.05, 3.63) is 41.2 Å². The summed E-state index contributed by atoms with van der Waals surface area (Å²) in [6, 6.07) is 7.75. The molecule has 22 heavy (non-hydrogen) atoms. The minimum atomic E-state index is 0.113. The van der Waals surface area contributed by atoms with Crippen molar-refractivity contribution in [1.82, 2.24) is 13.6 Å². The Morgan fingerprint density at radius 2 is 2.05 bits per heavy atom. The molecular weight excluding hydrogens is 318 g/mol. The maximum absolute atomic E-state index is 12.1. The molecule has 0 bridgehead atoms. The second-order valence-corrected chi connectivity index (χ2v) is 6.40. The highest BCUT2D eigenvalue weighted by atomic mass is 32.2. The fourth-order valence-corrected chi connectivity index (χ4v) is 3.43. The minimum Gasteiger partial charge on any atom is -0.497 e. The van der Waals surface area contributed by atoms with Gasteiger partial charge in [-0.3, -0.25) is 4.79 Å². The van der Waals surface area contributed by atoms with Crippen LogP contribution in [0.1, 0.15) is 17.0 Å². The maximum atomic E-state index is 12.1. The number of ether oxygens (including phenoxy) is 1. The molecule has 0 aliphatic rings. The van der Waals surface area contributed by atoms with E-state index >= 15 is 0 Å². The fraction of sp³-hybridized carbons (Fsp3) is 0.400. The number of rotatable bonds is 7. The van der Waals surface area contributed by atoms with Gasteiger partial charge in [0.05, 0.1) is 36.0 Å². The standard InChI is InChI=1S/C15H19N3O2S2/c1-11-14(17-22-16-11)9-21-10-15(19)18(2)8-12-4-6-13(20-3)7-5-12/h4-7H,8-10H2,1-3H3. The topological polar surface area (TPSA) is 55.3 Å². The van der Waals surface area contributed by atoms with Crippen LogP contribution < -0.4 is 4.74 Å². The minimum absolute atomic E-state index is 0.113. The molecule has 7 heteroatoms. The number of hydrogen-bond donors (Lipinski definition) is 0. The molecule has 2 rings (SSSR count). The number of carbonyl (C=O) groups is 1. The van der Waals surface area contributed by atoms with Gasteiger partial charge in [0.15, 0.2) is 0 Å². The van der Waals surface area contributed by atoms with E-state index in [1.54, 1.807) is 23.8 Å². The summed E-state index contributed by atoms with van der Waals surface area (Å²) < 4.78 is 13.5. The number of thioether (sulfide) groups is 1. The first kappa shape index (κ1) is 16.8.